The third kappa shape index (κ3) is 15.3. The van der Waals surface area contributed by atoms with Crippen LogP contribution >= 0.6 is 0 Å². The summed E-state index contributed by atoms with van der Waals surface area (Å²) in [6, 6.07) is 0. The molecule has 2 heteroatoms. The minimum absolute atomic E-state index is 0. The Morgan fingerprint density at radius 3 is 1.14 bits per heavy atom. The van der Waals surface area contributed by atoms with Crippen molar-refractivity contribution < 1.29 is 21.5 Å². The quantitative estimate of drug-likeness (QED) is 0.162. The molecule has 28 heavy (non-hydrogen) atoms. The number of rotatable bonds is 20. The Balaban J connectivity index is 0.00000729. The Kier molecular flexibility index (Phi) is 21.0. The van der Waals surface area contributed by atoms with Gasteiger partial charge in [0, 0.05) is 12.8 Å². The fourth-order valence-corrected chi connectivity index (χ4v) is 5.05. The molecule has 1 nitrogen and oxygen atoms in total. The maximum atomic E-state index is 2.35. The topological polar surface area (TPSA) is 0 Å². The highest BCUT2D eigenvalue weighted by Gasteiger charge is 2.30. The van der Waals surface area contributed by atoms with Crippen LogP contribution in [0.5, 0.6) is 0 Å². The smallest absolute Gasteiger partial charge is 0.0788 e. The van der Waals surface area contributed by atoms with Gasteiger partial charge in [0.1, 0.15) is 0 Å². The van der Waals surface area contributed by atoms with Gasteiger partial charge in [-0.15, -0.1) is 0 Å². The first-order valence-corrected chi connectivity index (χ1v) is 13.2. The van der Waals surface area contributed by atoms with Crippen LogP contribution in [0.2, 0.25) is 0 Å². The molecular weight excluding hydrogens is 406 g/mol. The van der Waals surface area contributed by atoms with Gasteiger partial charge in [-0.3, -0.25) is 0 Å². The molecule has 1 rings (SSSR count). The summed E-state index contributed by atoms with van der Waals surface area (Å²) in [6.07, 6.45) is 29.4. The zero-order chi connectivity index (χ0) is 19.5. The second kappa shape index (κ2) is 20.7. The number of nitrogens with zero attached hydrogens (tertiary/aromatic N) is 1. The van der Waals surface area contributed by atoms with Gasteiger partial charge < -0.3 is 21.5 Å². The fraction of sp³-hybridized carbons (Fsp3) is 1.00. The molecule has 170 valence electrons. The highest BCUT2D eigenvalue weighted by atomic mass is 79.9. The SMILES string of the molecule is CCCCCCCCCCCCCCCCCC[N+]1(CCCC)CCCC1.[Br-]. The Morgan fingerprint density at radius 2 is 0.750 bits per heavy atom. The van der Waals surface area contributed by atoms with E-state index in [1.54, 1.807) is 0 Å². The van der Waals surface area contributed by atoms with E-state index >= 15 is 0 Å². The third-order valence-electron chi connectivity index (χ3n) is 6.99. The molecule has 0 aliphatic carbocycles. The number of unbranched alkanes of at least 4 members (excludes halogenated alkanes) is 16. The van der Waals surface area contributed by atoms with Crippen LogP contribution < -0.4 is 17.0 Å². The van der Waals surface area contributed by atoms with Crippen LogP contribution in [0.4, 0.5) is 0 Å². The molecule has 1 aliphatic heterocycles. The lowest BCUT2D eigenvalue weighted by Gasteiger charge is -2.34. The monoisotopic (exact) mass is 459 g/mol. The van der Waals surface area contributed by atoms with Gasteiger partial charge in [0.2, 0.25) is 0 Å². The molecule has 0 atom stereocenters. The van der Waals surface area contributed by atoms with Gasteiger partial charge in [-0.05, 0) is 19.3 Å². The van der Waals surface area contributed by atoms with Crippen LogP contribution in [0, 0.1) is 0 Å². The van der Waals surface area contributed by atoms with Crippen molar-refractivity contribution in [2.24, 2.45) is 0 Å². The normalized spacial score (nSPS) is 15.6. The van der Waals surface area contributed by atoms with Gasteiger partial charge in [0.15, 0.2) is 0 Å². The van der Waals surface area contributed by atoms with Crippen molar-refractivity contribution in [3.8, 4) is 0 Å². The van der Waals surface area contributed by atoms with E-state index in [9.17, 15) is 0 Å². The molecule has 0 amide bonds. The van der Waals surface area contributed by atoms with Crippen LogP contribution in [-0.2, 0) is 0 Å². The van der Waals surface area contributed by atoms with Gasteiger partial charge in [-0.2, -0.15) is 0 Å². The molecule has 0 aromatic heterocycles. The lowest BCUT2D eigenvalue weighted by molar-refractivity contribution is -0.917. The fourth-order valence-electron chi connectivity index (χ4n) is 5.05. The van der Waals surface area contributed by atoms with Crippen LogP contribution in [0.1, 0.15) is 142 Å². The second-order valence-corrected chi connectivity index (χ2v) is 9.60. The lowest BCUT2D eigenvalue weighted by Crippen LogP contribution is -3.00. The molecule has 0 N–H and O–H groups in total. The number of halogens is 1. The van der Waals surface area contributed by atoms with E-state index in [1.807, 2.05) is 0 Å². The maximum absolute atomic E-state index is 2.35. The van der Waals surface area contributed by atoms with Crippen molar-refractivity contribution in [3.63, 3.8) is 0 Å². The molecule has 1 saturated heterocycles. The van der Waals surface area contributed by atoms with E-state index in [1.165, 1.54) is 159 Å². The van der Waals surface area contributed by atoms with Gasteiger partial charge in [-0.1, -0.05) is 110 Å². The van der Waals surface area contributed by atoms with E-state index in [0.717, 1.165) is 0 Å². The largest absolute Gasteiger partial charge is 1.00 e. The van der Waals surface area contributed by atoms with Crippen molar-refractivity contribution in [1.82, 2.24) is 0 Å². The summed E-state index contributed by atoms with van der Waals surface area (Å²) in [7, 11) is 0. The highest BCUT2D eigenvalue weighted by Crippen LogP contribution is 2.22. The zero-order valence-corrected chi connectivity index (χ0v) is 21.4. The van der Waals surface area contributed by atoms with Crippen molar-refractivity contribution in [1.29, 1.82) is 0 Å². The molecule has 0 bridgehead atoms. The number of quaternary nitrogens is 1. The van der Waals surface area contributed by atoms with Crippen LogP contribution in [0.3, 0.4) is 0 Å². The van der Waals surface area contributed by atoms with E-state index in [-0.39, 0.29) is 17.0 Å². The van der Waals surface area contributed by atoms with E-state index < -0.39 is 0 Å². The molecule has 1 heterocycles. The van der Waals surface area contributed by atoms with E-state index in [4.69, 9.17) is 0 Å². The highest BCUT2D eigenvalue weighted by molar-refractivity contribution is 4.57. The summed E-state index contributed by atoms with van der Waals surface area (Å²) in [5, 5.41) is 0. The van der Waals surface area contributed by atoms with Gasteiger partial charge in [0.25, 0.3) is 0 Å². The molecule has 0 unspecified atom stereocenters. The molecule has 0 radical (unpaired) electrons. The van der Waals surface area contributed by atoms with Crippen LogP contribution in [0.25, 0.3) is 0 Å². The number of hydrogen-bond acceptors (Lipinski definition) is 0. The Labute approximate surface area is 189 Å². The van der Waals surface area contributed by atoms with Gasteiger partial charge >= 0.3 is 0 Å². The molecule has 0 aromatic rings. The third-order valence-corrected chi connectivity index (χ3v) is 6.99. The van der Waals surface area contributed by atoms with Crippen LogP contribution in [0.15, 0.2) is 0 Å². The summed E-state index contributed by atoms with van der Waals surface area (Å²) < 4.78 is 1.48. The molecule has 1 aliphatic rings. The Bertz CT molecular complexity index is 299. The lowest BCUT2D eigenvalue weighted by atomic mass is 10.0. The first kappa shape index (κ1) is 28.4. The molecular formula is C26H54BrN. The maximum Gasteiger partial charge on any atom is 0.0788 e. The van der Waals surface area contributed by atoms with E-state index in [2.05, 4.69) is 13.8 Å². The number of likely N-dealkylation sites (tertiary alicyclic amines) is 1. The average molecular weight is 461 g/mol. The summed E-state index contributed by atoms with van der Waals surface area (Å²) >= 11 is 0. The average Bonchev–Trinajstić information content (AvgIpc) is 3.15. The van der Waals surface area contributed by atoms with Crippen LogP contribution in [-0.4, -0.2) is 30.7 Å². The molecule has 0 saturated carbocycles. The minimum Gasteiger partial charge on any atom is -1.00 e. The summed E-state index contributed by atoms with van der Waals surface area (Å²) in [6.45, 7) is 10.6. The predicted octanol–water partition coefficient (Wildman–Crippen LogP) is 5.66. The molecule has 0 spiro atoms. The predicted molar refractivity (Wildman–Crippen MR) is 123 cm³/mol. The van der Waals surface area contributed by atoms with Gasteiger partial charge in [0.05, 0.1) is 26.2 Å². The summed E-state index contributed by atoms with van der Waals surface area (Å²) in [5.41, 5.74) is 0. The first-order valence-electron chi connectivity index (χ1n) is 13.2. The molecule has 1 fully saturated rings. The van der Waals surface area contributed by atoms with Gasteiger partial charge in [-0.25, -0.2) is 0 Å². The number of hydrogen-bond donors (Lipinski definition) is 0. The molecule has 0 aromatic carbocycles. The first-order chi connectivity index (χ1) is 13.3. The van der Waals surface area contributed by atoms with Crippen molar-refractivity contribution >= 4 is 0 Å². The standard InChI is InChI=1S/C26H54N.BrH/c1-3-5-7-8-9-10-11-12-13-14-15-16-17-18-19-20-24-27(23-6-4-2)25-21-22-26-27;/h3-26H2,1-2H3;1H/q+1;/p-1. The zero-order valence-electron chi connectivity index (χ0n) is 19.8. The van der Waals surface area contributed by atoms with Crippen molar-refractivity contribution in [2.45, 2.75) is 142 Å². The summed E-state index contributed by atoms with van der Waals surface area (Å²) in [4.78, 5) is 0. The van der Waals surface area contributed by atoms with Crippen molar-refractivity contribution in [3.05, 3.63) is 0 Å². The van der Waals surface area contributed by atoms with E-state index in [0.29, 0.717) is 0 Å². The Morgan fingerprint density at radius 1 is 0.429 bits per heavy atom. The minimum atomic E-state index is 0. The summed E-state index contributed by atoms with van der Waals surface area (Å²) in [5.74, 6) is 0. The van der Waals surface area contributed by atoms with Crippen molar-refractivity contribution in [2.75, 3.05) is 26.2 Å². The second-order valence-electron chi connectivity index (χ2n) is 9.60. The Hall–Kier alpha value is 0.440.